The van der Waals surface area contributed by atoms with Gasteiger partial charge in [-0.1, -0.05) is 65.7 Å². The maximum Gasteiger partial charge on any atom is 0.221 e. The predicted octanol–water partition coefficient (Wildman–Crippen LogP) is 5.48. The minimum atomic E-state index is -0.0124. The first kappa shape index (κ1) is 33.0. The molecule has 252 valence electrons. The second-order valence-electron chi connectivity index (χ2n) is 12.4. The van der Waals surface area contributed by atoms with Gasteiger partial charge in [-0.15, -0.1) is 0 Å². The highest BCUT2D eigenvalue weighted by atomic mass is 35.5. The Balaban J connectivity index is 1.14. The number of amides is 2. The molecule has 2 aromatic carbocycles. The van der Waals surface area contributed by atoms with Crippen molar-refractivity contribution in [2.75, 3.05) is 20.7 Å². The van der Waals surface area contributed by atoms with Crippen LogP contribution in [0.3, 0.4) is 0 Å². The fourth-order valence-electron chi connectivity index (χ4n) is 6.50. The first-order valence-corrected chi connectivity index (χ1v) is 17.0. The molecule has 5 heterocycles. The Hall–Kier alpha value is -4.55. The molecule has 2 fully saturated rings. The van der Waals surface area contributed by atoms with E-state index < -0.39 is 0 Å². The van der Waals surface area contributed by atoms with E-state index in [1.807, 2.05) is 74.0 Å². The van der Waals surface area contributed by atoms with Gasteiger partial charge in [0.15, 0.2) is 5.65 Å². The Morgan fingerprint density at radius 1 is 0.878 bits per heavy atom. The van der Waals surface area contributed by atoms with Crippen LogP contribution in [0.1, 0.15) is 36.8 Å². The molecular weight excluding hydrogens is 663 g/mol. The molecule has 3 aromatic heterocycles. The number of halogens is 2. The molecule has 0 unspecified atom stereocenters. The van der Waals surface area contributed by atoms with Crippen LogP contribution in [0.5, 0.6) is 5.88 Å². The third-order valence-corrected chi connectivity index (χ3v) is 9.94. The Labute approximate surface area is 294 Å². The van der Waals surface area contributed by atoms with Crippen LogP contribution in [0, 0.1) is 0 Å². The quantitative estimate of drug-likeness (QED) is 0.166. The monoisotopic (exact) mass is 698 g/mol. The van der Waals surface area contributed by atoms with Crippen molar-refractivity contribution >= 4 is 40.7 Å². The number of nitrogens with one attached hydrogen (secondary N) is 3. The Morgan fingerprint density at radius 2 is 1.55 bits per heavy atom. The first-order valence-electron chi connectivity index (χ1n) is 16.2. The van der Waals surface area contributed by atoms with E-state index in [9.17, 15) is 9.59 Å². The van der Waals surface area contributed by atoms with Crippen LogP contribution in [0.4, 0.5) is 0 Å². The van der Waals surface area contributed by atoms with E-state index in [1.54, 1.807) is 11.6 Å². The lowest BCUT2D eigenvalue weighted by atomic mass is 9.98. The van der Waals surface area contributed by atoms with Crippen molar-refractivity contribution in [3.8, 4) is 39.5 Å². The smallest absolute Gasteiger partial charge is 0.221 e. The molecule has 2 aliphatic heterocycles. The third kappa shape index (κ3) is 6.84. The van der Waals surface area contributed by atoms with Gasteiger partial charge in [-0.2, -0.15) is 5.10 Å². The van der Waals surface area contributed by atoms with Gasteiger partial charge in [-0.05, 0) is 32.0 Å². The number of methoxy groups -OCH3 is 1. The van der Waals surface area contributed by atoms with Gasteiger partial charge in [0, 0.05) is 78.1 Å². The first-order chi connectivity index (χ1) is 23.8. The predicted molar refractivity (Wildman–Crippen MR) is 189 cm³/mol. The lowest BCUT2D eigenvalue weighted by Gasteiger charge is -2.23. The SMILES string of the molecule is COc1nc(-c2cccc(-c3cccc(-c4ccn5ncc(CN(C)[C@H]6CCC(=O)N6)c5n4)c3Cl)c2Cl)ccc1CNC[C@@H]1CCC(=O)N1. The summed E-state index contributed by atoms with van der Waals surface area (Å²) in [5.74, 6) is 0.672. The molecule has 3 N–H and O–H groups in total. The Bertz CT molecular complexity index is 2050. The number of rotatable bonds is 11. The summed E-state index contributed by atoms with van der Waals surface area (Å²) in [6, 6.07) is 17.6. The molecule has 2 amide bonds. The fraction of sp³-hybridized carbons (Fsp3) is 0.306. The molecule has 0 saturated carbocycles. The van der Waals surface area contributed by atoms with Gasteiger partial charge in [0.1, 0.15) is 0 Å². The molecule has 0 spiro atoms. The minimum absolute atomic E-state index is 0.0124. The summed E-state index contributed by atoms with van der Waals surface area (Å²) in [6.45, 7) is 1.81. The van der Waals surface area contributed by atoms with Gasteiger partial charge in [0.05, 0.1) is 40.9 Å². The van der Waals surface area contributed by atoms with Crippen LogP contribution in [-0.4, -0.2) is 69.2 Å². The van der Waals surface area contributed by atoms with Crippen molar-refractivity contribution in [2.45, 2.75) is 51.0 Å². The van der Waals surface area contributed by atoms with Gasteiger partial charge in [-0.3, -0.25) is 14.5 Å². The van der Waals surface area contributed by atoms with Crippen LogP contribution >= 0.6 is 23.2 Å². The number of aromatic nitrogens is 4. The zero-order valence-corrected chi connectivity index (χ0v) is 28.7. The Kier molecular flexibility index (Phi) is 9.50. The lowest BCUT2D eigenvalue weighted by molar-refractivity contribution is -0.120. The van der Waals surface area contributed by atoms with Gasteiger partial charge in [-0.25, -0.2) is 14.5 Å². The van der Waals surface area contributed by atoms with E-state index in [2.05, 4.69) is 25.9 Å². The molecule has 13 heteroatoms. The summed E-state index contributed by atoms with van der Waals surface area (Å²) < 4.78 is 7.40. The molecule has 2 aliphatic rings. The molecule has 2 saturated heterocycles. The molecule has 5 aromatic rings. The highest BCUT2D eigenvalue weighted by Gasteiger charge is 2.26. The highest BCUT2D eigenvalue weighted by Crippen LogP contribution is 2.42. The lowest BCUT2D eigenvalue weighted by Crippen LogP contribution is -2.40. The molecule has 49 heavy (non-hydrogen) atoms. The summed E-state index contributed by atoms with van der Waals surface area (Å²) in [6.07, 6.45) is 6.39. The zero-order valence-electron chi connectivity index (χ0n) is 27.2. The zero-order chi connectivity index (χ0) is 34.1. The van der Waals surface area contributed by atoms with Crippen LogP contribution in [0.2, 0.25) is 10.0 Å². The number of benzene rings is 2. The molecule has 2 atom stereocenters. The topological polar surface area (TPSA) is 126 Å². The number of carbonyl (C=O) groups excluding carboxylic acids is 2. The van der Waals surface area contributed by atoms with E-state index in [1.165, 1.54) is 0 Å². The van der Waals surface area contributed by atoms with Crippen LogP contribution in [0.25, 0.3) is 39.3 Å². The summed E-state index contributed by atoms with van der Waals surface area (Å²) in [4.78, 5) is 35.1. The van der Waals surface area contributed by atoms with E-state index >= 15 is 0 Å². The van der Waals surface area contributed by atoms with Crippen molar-refractivity contribution in [3.05, 3.63) is 88.2 Å². The van der Waals surface area contributed by atoms with E-state index in [-0.39, 0.29) is 24.0 Å². The number of fused-ring (bicyclic) bond motifs is 1. The van der Waals surface area contributed by atoms with Gasteiger partial charge >= 0.3 is 0 Å². The van der Waals surface area contributed by atoms with Crippen molar-refractivity contribution in [1.82, 2.24) is 40.4 Å². The highest BCUT2D eigenvalue weighted by molar-refractivity contribution is 6.39. The van der Waals surface area contributed by atoms with Crippen LogP contribution in [-0.2, 0) is 22.7 Å². The number of pyridine rings is 1. The van der Waals surface area contributed by atoms with E-state index in [0.29, 0.717) is 59.8 Å². The number of hydrogen-bond acceptors (Lipinski definition) is 8. The molecular formula is C36H36Cl2N8O3. The van der Waals surface area contributed by atoms with Gasteiger partial charge in [0.25, 0.3) is 0 Å². The second-order valence-corrected chi connectivity index (χ2v) is 13.2. The molecule has 7 rings (SSSR count). The van der Waals surface area contributed by atoms with Crippen molar-refractivity contribution < 1.29 is 14.3 Å². The van der Waals surface area contributed by atoms with E-state index in [4.69, 9.17) is 37.9 Å². The average molecular weight is 700 g/mol. The number of nitrogens with zero attached hydrogens (tertiary/aromatic N) is 5. The summed E-state index contributed by atoms with van der Waals surface area (Å²) >= 11 is 14.2. The van der Waals surface area contributed by atoms with E-state index in [0.717, 1.165) is 51.9 Å². The summed E-state index contributed by atoms with van der Waals surface area (Å²) in [5, 5.41) is 14.9. The number of carbonyl (C=O) groups is 2. The molecule has 0 bridgehead atoms. The third-order valence-electron chi connectivity index (χ3n) is 9.13. The van der Waals surface area contributed by atoms with Crippen molar-refractivity contribution in [3.63, 3.8) is 0 Å². The maximum absolute atomic E-state index is 11.8. The van der Waals surface area contributed by atoms with Crippen molar-refractivity contribution in [2.24, 2.45) is 0 Å². The molecule has 0 radical (unpaired) electrons. The van der Waals surface area contributed by atoms with Gasteiger partial charge in [0.2, 0.25) is 17.7 Å². The fourth-order valence-corrected chi connectivity index (χ4v) is 7.15. The number of hydrogen-bond donors (Lipinski definition) is 3. The average Bonchev–Trinajstić information content (AvgIpc) is 3.85. The van der Waals surface area contributed by atoms with Crippen LogP contribution in [0.15, 0.2) is 67.0 Å². The second kappa shape index (κ2) is 14.1. The largest absolute Gasteiger partial charge is 0.481 e. The molecule has 11 nitrogen and oxygen atoms in total. The summed E-state index contributed by atoms with van der Waals surface area (Å²) in [5.41, 5.74) is 6.99. The standard InChI is InChI=1S/C36H36Cl2N8O3/c1-45(30-12-14-32(48)44-30)20-22-18-40-46-16-15-29(42-35(22)46)27-8-4-6-25(34(27)38)24-5-3-7-26(33(24)37)28-11-9-21(36(43-28)49-2)17-39-19-23-10-13-31(47)41-23/h3-9,11,15-16,18,23,30,39H,10,12-14,17,19-20H2,1-2H3,(H,41,47)(H,44,48)/t23-,30-/m0/s1. The normalized spacial score (nSPS) is 17.6. The number of ether oxygens (including phenoxy) is 1. The van der Waals surface area contributed by atoms with Gasteiger partial charge < -0.3 is 20.7 Å². The maximum atomic E-state index is 11.8. The van der Waals surface area contributed by atoms with Crippen LogP contribution < -0.4 is 20.7 Å². The Morgan fingerprint density at radius 3 is 2.20 bits per heavy atom. The van der Waals surface area contributed by atoms with Crippen molar-refractivity contribution in [1.29, 1.82) is 0 Å². The minimum Gasteiger partial charge on any atom is -0.481 e. The summed E-state index contributed by atoms with van der Waals surface area (Å²) in [7, 11) is 3.58. The molecule has 0 aliphatic carbocycles.